The number of aromatic nitrogens is 4. The van der Waals surface area contributed by atoms with Crippen molar-refractivity contribution in [3.63, 3.8) is 0 Å². The molecule has 26 heavy (non-hydrogen) atoms. The molecule has 0 bridgehead atoms. The Labute approximate surface area is 152 Å². The zero-order valence-corrected chi connectivity index (χ0v) is 15.1. The molecule has 0 aromatic carbocycles. The number of anilines is 1. The third-order valence-corrected chi connectivity index (χ3v) is 6.25. The number of hydrogen-bond donors (Lipinski definition) is 3. The number of ether oxygens (including phenoxy) is 1. The van der Waals surface area contributed by atoms with Gasteiger partial charge in [-0.3, -0.25) is 4.57 Å². The highest BCUT2D eigenvalue weighted by atomic mass is 32.2. The van der Waals surface area contributed by atoms with Crippen molar-refractivity contribution in [3.8, 4) is 0 Å². The van der Waals surface area contributed by atoms with Crippen molar-refractivity contribution in [1.82, 2.24) is 19.5 Å². The first-order valence-corrected chi connectivity index (χ1v) is 10.2. The van der Waals surface area contributed by atoms with E-state index in [4.69, 9.17) is 16.2 Å². The number of aliphatic carboxylic acids is 1. The lowest BCUT2D eigenvalue weighted by Crippen LogP contribution is -2.43. The largest absolute Gasteiger partial charge is 0.548 e. The summed E-state index contributed by atoms with van der Waals surface area (Å²) in [4.78, 5) is 23.0. The van der Waals surface area contributed by atoms with Crippen LogP contribution < -0.4 is 16.6 Å². The molecule has 0 saturated carbocycles. The molecule has 0 amide bonds. The van der Waals surface area contributed by atoms with E-state index in [1.807, 2.05) is 6.26 Å². The molecular weight excluding hydrogens is 360 g/mol. The van der Waals surface area contributed by atoms with E-state index in [0.717, 1.165) is 5.75 Å². The molecule has 2 aromatic rings. The van der Waals surface area contributed by atoms with Crippen molar-refractivity contribution in [2.45, 2.75) is 37.3 Å². The van der Waals surface area contributed by atoms with Gasteiger partial charge in [-0.2, -0.15) is 0 Å². The Morgan fingerprint density at radius 2 is 2.31 bits per heavy atom. The molecule has 1 aliphatic rings. The van der Waals surface area contributed by atoms with Crippen molar-refractivity contribution >= 4 is 33.8 Å². The van der Waals surface area contributed by atoms with Gasteiger partial charge in [0.15, 0.2) is 17.7 Å². The molecule has 1 aliphatic heterocycles. The molecule has 3 heterocycles. The number of nitrogens with zero attached hydrogens (tertiary/aromatic N) is 4. The van der Waals surface area contributed by atoms with Crippen LogP contribution in [-0.4, -0.2) is 66.6 Å². The highest BCUT2D eigenvalue weighted by molar-refractivity contribution is 7.96. The maximum Gasteiger partial charge on any atom is 0.167 e. The molecular formula is C15H22N6O4S. The van der Waals surface area contributed by atoms with E-state index < -0.39 is 24.3 Å². The zero-order chi connectivity index (χ0) is 18.8. The normalized spacial score (nSPS) is 25.4. The lowest BCUT2D eigenvalue weighted by molar-refractivity contribution is -0.307. The molecule has 3 rings (SSSR count). The minimum absolute atomic E-state index is 0.0822. The number of rotatable bonds is 7. The van der Waals surface area contributed by atoms with Gasteiger partial charge in [0, 0.05) is 18.9 Å². The van der Waals surface area contributed by atoms with Crippen molar-refractivity contribution in [3.05, 3.63) is 12.7 Å². The number of carboxylic acid groups (broad SMARTS) is 1. The minimum Gasteiger partial charge on any atom is -0.548 e. The van der Waals surface area contributed by atoms with Crippen LogP contribution in [0.5, 0.6) is 0 Å². The van der Waals surface area contributed by atoms with Gasteiger partial charge >= 0.3 is 0 Å². The van der Waals surface area contributed by atoms with Crippen molar-refractivity contribution in [2.75, 3.05) is 23.5 Å². The van der Waals surface area contributed by atoms with Crippen LogP contribution in [-0.2, 0) is 20.4 Å². The summed E-state index contributed by atoms with van der Waals surface area (Å²) in [5, 5.41) is 21.1. The number of carboxylic acids is 1. The predicted octanol–water partition coefficient (Wildman–Crippen LogP) is -2.23. The van der Waals surface area contributed by atoms with E-state index in [9.17, 15) is 15.0 Å². The smallest absolute Gasteiger partial charge is 0.167 e. The predicted molar refractivity (Wildman–Crippen MR) is 94.9 cm³/mol. The lowest BCUT2D eigenvalue weighted by atomic mass is 10.2. The molecule has 5 N–H and O–H groups in total. The quantitative estimate of drug-likeness (QED) is 0.449. The van der Waals surface area contributed by atoms with Gasteiger partial charge in [-0.05, 0) is 10.9 Å². The molecule has 0 radical (unpaired) electrons. The minimum atomic E-state index is -1.23. The summed E-state index contributed by atoms with van der Waals surface area (Å²) in [5.41, 5.74) is 12.3. The molecule has 0 aliphatic carbocycles. The van der Waals surface area contributed by atoms with Crippen LogP contribution in [0.3, 0.4) is 0 Å². The number of aliphatic hydroxyl groups is 1. The zero-order valence-electron chi connectivity index (χ0n) is 14.3. The number of imidazole rings is 1. The van der Waals surface area contributed by atoms with Crippen LogP contribution in [0.15, 0.2) is 12.7 Å². The highest BCUT2D eigenvalue weighted by Gasteiger charge is 2.39. The Bertz CT molecular complexity index is 787. The molecule has 1 unspecified atom stereocenters. The van der Waals surface area contributed by atoms with Crippen LogP contribution in [0.4, 0.5) is 5.82 Å². The van der Waals surface area contributed by atoms with E-state index in [-0.39, 0.29) is 22.8 Å². The Balaban J connectivity index is 1.62. The summed E-state index contributed by atoms with van der Waals surface area (Å²) >= 11 is 0. The van der Waals surface area contributed by atoms with Gasteiger partial charge in [0.1, 0.15) is 35.6 Å². The highest BCUT2D eigenvalue weighted by Crippen LogP contribution is 2.32. The van der Waals surface area contributed by atoms with Gasteiger partial charge in [0.25, 0.3) is 0 Å². The van der Waals surface area contributed by atoms with Gasteiger partial charge in [0.05, 0.1) is 18.6 Å². The van der Waals surface area contributed by atoms with Gasteiger partial charge in [-0.15, -0.1) is 0 Å². The Hall–Kier alpha value is -1.95. The fourth-order valence-electron chi connectivity index (χ4n) is 2.99. The van der Waals surface area contributed by atoms with Crippen LogP contribution in [0.25, 0.3) is 11.2 Å². The van der Waals surface area contributed by atoms with Crippen LogP contribution in [0, 0.1) is 0 Å². The number of hydrogen-bond acceptors (Lipinski definition) is 9. The second kappa shape index (κ2) is 7.74. The molecule has 1 saturated heterocycles. The first-order chi connectivity index (χ1) is 12.4. The van der Waals surface area contributed by atoms with Gasteiger partial charge in [-0.1, -0.05) is 0 Å². The summed E-state index contributed by atoms with van der Waals surface area (Å²) in [5.74, 6) is 0.435. The van der Waals surface area contributed by atoms with E-state index in [1.165, 1.54) is 12.7 Å². The Kier molecular flexibility index (Phi) is 5.61. The topological polar surface area (TPSA) is 165 Å². The van der Waals surface area contributed by atoms with E-state index in [0.29, 0.717) is 29.8 Å². The summed E-state index contributed by atoms with van der Waals surface area (Å²) in [7, 11) is -0.0822. The first kappa shape index (κ1) is 18.8. The number of nitrogen functional groups attached to an aromatic ring is 1. The maximum absolute atomic E-state index is 10.7. The average molecular weight is 382 g/mol. The summed E-state index contributed by atoms with van der Waals surface area (Å²) in [6.07, 6.45) is 4.33. The summed E-state index contributed by atoms with van der Waals surface area (Å²) < 4.78 is 7.67. The maximum atomic E-state index is 10.7. The number of carbonyl (C=O) groups is 1. The molecule has 142 valence electrons. The Morgan fingerprint density at radius 1 is 1.54 bits per heavy atom. The van der Waals surface area contributed by atoms with Gasteiger partial charge < -0.3 is 31.2 Å². The van der Waals surface area contributed by atoms with Crippen LogP contribution >= 0.6 is 0 Å². The fourth-order valence-corrected chi connectivity index (χ4v) is 4.66. The number of aliphatic hydroxyl groups excluding tert-OH is 1. The first-order valence-electron chi connectivity index (χ1n) is 8.19. The molecule has 10 nitrogen and oxygen atoms in total. The van der Waals surface area contributed by atoms with E-state index in [1.54, 1.807) is 4.57 Å². The molecule has 5 atom stereocenters. The molecule has 0 spiro atoms. The second-order valence-electron chi connectivity index (χ2n) is 6.40. The number of fused-ring (bicyclic) bond motifs is 1. The molecule has 11 heteroatoms. The average Bonchev–Trinajstić information content (AvgIpc) is 3.16. The van der Waals surface area contributed by atoms with Gasteiger partial charge in [-0.25, -0.2) is 15.0 Å². The summed E-state index contributed by atoms with van der Waals surface area (Å²) in [6, 6.07) is -0.949. The number of carbonyl (C=O) groups excluding carboxylic acids is 1. The number of nitrogens with two attached hydrogens (primary N) is 2. The third-order valence-electron chi connectivity index (χ3n) is 4.38. The van der Waals surface area contributed by atoms with Crippen LogP contribution in [0.1, 0.15) is 19.1 Å². The van der Waals surface area contributed by atoms with Crippen molar-refractivity contribution < 1.29 is 19.7 Å². The van der Waals surface area contributed by atoms with E-state index in [2.05, 4.69) is 15.0 Å². The summed E-state index contributed by atoms with van der Waals surface area (Å²) in [6.45, 7) is 0. The standard InChI is InChI=1S/C15H22N6O4S/c1-26(3-2-9(16)15(23)24)5-8-4-10(22)14(25-8)21-7-20-11-12(17)18-6-19-13(11)21/h6-10,14,22H,2-5,16H2,1H3,(H2-,17,18,19,23,24)/t8-,9-,10+,14+,26?/m0/s1. The SMILES string of the molecule is C[S+](CC[C@H](N)C(=O)[O-])C[C@@H]1C[C@@H](O)[C@H](n2cnc3c(N)ncnc32)O1. The molecule has 1 fully saturated rings. The second-order valence-corrected chi connectivity index (χ2v) is 8.71. The van der Waals surface area contributed by atoms with Crippen LogP contribution in [0.2, 0.25) is 0 Å². The Morgan fingerprint density at radius 3 is 3.04 bits per heavy atom. The molecule has 2 aromatic heterocycles. The fraction of sp³-hybridized carbons (Fsp3) is 0.600. The lowest BCUT2D eigenvalue weighted by Gasteiger charge is -2.17. The monoisotopic (exact) mass is 382 g/mol. The van der Waals surface area contributed by atoms with Crippen molar-refractivity contribution in [1.29, 1.82) is 0 Å². The third kappa shape index (κ3) is 3.90. The van der Waals surface area contributed by atoms with E-state index >= 15 is 0 Å². The van der Waals surface area contributed by atoms with Crippen molar-refractivity contribution in [2.24, 2.45) is 5.73 Å². The van der Waals surface area contributed by atoms with Gasteiger partial charge in [0.2, 0.25) is 0 Å².